The zero-order chi connectivity index (χ0) is 15.1. The van der Waals surface area contributed by atoms with Crippen molar-refractivity contribution in [3.63, 3.8) is 0 Å². The molecule has 2 atom stereocenters. The van der Waals surface area contributed by atoms with E-state index in [4.69, 9.17) is 0 Å². The van der Waals surface area contributed by atoms with Gasteiger partial charge in [-0.25, -0.2) is 4.68 Å². The summed E-state index contributed by atoms with van der Waals surface area (Å²) in [6, 6.07) is 8.67. The number of benzene rings is 1. The molecule has 0 aliphatic carbocycles. The molecule has 1 amide bonds. The number of aromatic nitrogens is 3. The molecule has 2 fully saturated rings. The van der Waals surface area contributed by atoms with Gasteiger partial charge in [0.2, 0.25) is 0 Å². The van der Waals surface area contributed by atoms with E-state index in [2.05, 4.69) is 31.1 Å². The van der Waals surface area contributed by atoms with Gasteiger partial charge in [0.1, 0.15) is 0 Å². The van der Waals surface area contributed by atoms with Gasteiger partial charge in [0, 0.05) is 28.3 Å². The first-order chi connectivity index (χ1) is 10.7. The van der Waals surface area contributed by atoms with Crippen LogP contribution in [0.15, 0.2) is 41.1 Å². The summed E-state index contributed by atoms with van der Waals surface area (Å²) in [5.74, 6) is 0.164. The van der Waals surface area contributed by atoms with Crippen LogP contribution in [-0.4, -0.2) is 37.9 Å². The minimum atomic E-state index is 0.164. The fourth-order valence-electron chi connectivity index (χ4n) is 3.85. The lowest BCUT2D eigenvalue weighted by molar-refractivity contribution is 0.0523. The van der Waals surface area contributed by atoms with Crippen molar-refractivity contribution in [3.05, 3.63) is 46.7 Å². The second-order valence-electron chi connectivity index (χ2n) is 6.11. The van der Waals surface area contributed by atoms with Crippen molar-refractivity contribution < 1.29 is 4.79 Å². The zero-order valence-corrected chi connectivity index (χ0v) is 13.7. The Balaban J connectivity index is 1.55. The van der Waals surface area contributed by atoms with E-state index < -0.39 is 0 Å². The molecule has 114 valence electrons. The van der Waals surface area contributed by atoms with E-state index >= 15 is 0 Å². The van der Waals surface area contributed by atoms with Gasteiger partial charge in [-0.05, 0) is 49.9 Å². The molecule has 22 heavy (non-hydrogen) atoms. The highest BCUT2D eigenvalue weighted by atomic mass is 79.9. The van der Waals surface area contributed by atoms with Crippen molar-refractivity contribution in [2.24, 2.45) is 0 Å². The number of nitrogens with zero attached hydrogens (tertiary/aromatic N) is 4. The normalized spacial score (nSPS) is 27.1. The Labute approximate surface area is 137 Å². The molecular weight excluding hydrogens is 344 g/mol. The van der Waals surface area contributed by atoms with E-state index in [1.54, 1.807) is 6.20 Å². The fourth-order valence-corrected chi connectivity index (χ4v) is 4.11. The molecule has 3 heterocycles. The van der Waals surface area contributed by atoms with Crippen LogP contribution >= 0.6 is 15.9 Å². The number of fused-ring (bicyclic) bond motifs is 2. The standard InChI is InChI=1S/C16H17BrN4O/c17-12-3-1-11(2-4-12)16(22)21-13-5-6-14(21)10-15(9-13)20-8-7-18-19-20/h1-4,7-8,13-15H,5-6,9-10H2. The molecule has 2 aliphatic rings. The van der Waals surface area contributed by atoms with Gasteiger partial charge in [0.15, 0.2) is 0 Å². The third-order valence-corrected chi connectivity index (χ3v) is 5.38. The first kappa shape index (κ1) is 13.9. The highest BCUT2D eigenvalue weighted by Crippen LogP contribution is 2.41. The first-order valence-corrected chi connectivity index (χ1v) is 8.45. The quantitative estimate of drug-likeness (QED) is 0.826. The highest BCUT2D eigenvalue weighted by Gasteiger charge is 2.44. The van der Waals surface area contributed by atoms with Crippen LogP contribution in [0.25, 0.3) is 0 Å². The molecule has 0 spiro atoms. The van der Waals surface area contributed by atoms with Crippen LogP contribution in [-0.2, 0) is 0 Å². The molecule has 5 nitrogen and oxygen atoms in total. The number of piperidine rings is 1. The molecule has 2 saturated heterocycles. The Morgan fingerprint density at radius 3 is 2.36 bits per heavy atom. The number of amides is 1. The monoisotopic (exact) mass is 360 g/mol. The van der Waals surface area contributed by atoms with Gasteiger partial charge in [-0.1, -0.05) is 21.1 Å². The van der Waals surface area contributed by atoms with Crippen LogP contribution in [0.1, 0.15) is 42.1 Å². The number of hydrogen-bond donors (Lipinski definition) is 0. The second kappa shape index (κ2) is 5.50. The average Bonchev–Trinajstić information content (AvgIpc) is 3.14. The lowest BCUT2D eigenvalue weighted by Gasteiger charge is -2.38. The molecule has 6 heteroatoms. The third kappa shape index (κ3) is 2.35. The second-order valence-corrected chi connectivity index (χ2v) is 7.03. The van der Waals surface area contributed by atoms with Crippen LogP contribution < -0.4 is 0 Å². The summed E-state index contributed by atoms with van der Waals surface area (Å²) in [5.41, 5.74) is 0.777. The topological polar surface area (TPSA) is 51.0 Å². The smallest absolute Gasteiger partial charge is 0.254 e. The van der Waals surface area contributed by atoms with E-state index in [1.165, 1.54) is 0 Å². The number of rotatable bonds is 2. The molecule has 2 bridgehead atoms. The Kier molecular flexibility index (Phi) is 3.48. The van der Waals surface area contributed by atoms with Crippen molar-refractivity contribution >= 4 is 21.8 Å². The summed E-state index contributed by atoms with van der Waals surface area (Å²) < 4.78 is 2.95. The predicted molar refractivity (Wildman–Crippen MR) is 85.4 cm³/mol. The molecule has 2 unspecified atom stereocenters. The van der Waals surface area contributed by atoms with Gasteiger partial charge in [-0.2, -0.15) is 0 Å². The first-order valence-electron chi connectivity index (χ1n) is 7.66. The van der Waals surface area contributed by atoms with Gasteiger partial charge < -0.3 is 4.90 Å². The fraction of sp³-hybridized carbons (Fsp3) is 0.438. The van der Waals surface area contributed by atoms with Crippen LogP contribution in [0.3, 0.4) is 0 Å². The van der Waals surface area contributed by atoms with Crippen molar-refractivity contribution in [1.29, 1.82) is 0 Å². The van der Waals surface area contributed by atoms with Gasteiger partial charge in [-0.3, -0.25) is 4.79 Å². The molecule has 1 aromatic heterocycles. The van der Waals surface area contributed by atoms with Crippen molar-refractivity contribution in [1.82, 2.24) is 19.9 Å². The minimum Gasteiger partial charge on any atom is -0.333 e. The maximum Gasteiger partial charge on any atom is 0.254 e. The lowest BCUT2D eigenvalue weighted by Crippen LogP contribution is -2.47. The lowest BCUT2D eigenvalue weighted by atomic mass is 9.96. The summed E-state index contributed by atoms with van der Waals surface area (Å²) >= 11 is 3.42. The number of halogens is 1. The molecule has 4 rings (SSSR count). The zero-order valence-electron chi connectivity index (χ0n) is 12.1. The van der Waals surface area contributed by atoms with Crippen molar-refractivity contribution in [3.8, 4) is 0 Å². The van der Waals surface area contributed by atoms with E-state index in [0.717, 1.165) is 35.7 Å². The average molecular weight is 361 g/mol. The van der Waals surface area contributed by atoms with Crippen molar-refractivity contribution in [2.75, 3.05) is 0 Å². The van der Waals surface area contributed by atoms with Crippen LogP contribution in [0.5, 0.6) is 0 Å². The molecule has 0 saturated carbocycles. The summed E-state index contributed by atoms with van der Waals surface area (Å²) in [6.07, 6.45) is 7.79. The summed E-state index contributed by atoms with van der Waals surface area (Å²) in [4.78, 5) is 14.9. The van der Waals surface area contributed by atoms with Crippen molar-refractivity contribution in [2.45, 2.75) is 43.8 Å². The molecular formula is C16H17BrN4O. The molecule has 0 N–H and O–H groups in total. The number of carbonyl (C=O) groups is 1. The van der Waals surface area contributed by atoms with Gasteiger partial charge >= 0.3 is 0 Å². The third-order valence-electron chi connectivity index (χ3n) is 4.85. The molecule has 0 radical (unpaired) electrons. The largest absolute Gasteiger partial charge is 0.333 e. The van der Waals surface area contributed by atoms with Crippen LogP contribution in [0.2, 0.25) is 0 Å². The van der Waals surface area contributed by atoms with E-state index in [0.29, 0.717) is 18.1 Å². The van der Waals surface area contributed by atoms with Gasteiger partial charge in [-0.15, -0.1) is 5.10 Å². The van der Waals surface area contributed by atoms with Gasteiger partial charge in [0.05, 0.1) is 12.2 Å². The maximum atomic E-state index is 12.8. The molecule has 1 aromatic carbocycles. The Morgan fingerprint density at radius 2 is 1.77 bits per heavy atom. The van der Waals surface area contributed by atoms with E-state index in [1.807, 2.05) is 35.1 Å². The number of carbonyl (C=O) groups excluding carboxylic acids is 1. The Bertz CT molecular complexity index is 656. The predicted octanol–water partition coefficient (Wildman–Crippen LogP) is 3.05. The Morgan fingerprint density at radius 1 is 1.09 bits per heavy atom. The summed E-state index contributed by atoms with van der Waals surface area (Å²) in [6.45, 7) is 0. The Hall–Kier alpha value is -1.69. The summed E-state index contributed by atoms with van der Waals surface area (Å²) in [7, 11) is 0. The van der Waals surface area contributed by atoms with E-state index in [9.17, 15) is 4.79 Å². The molecule has 2 aromatic rings. The molecule has 2 aliphatic heterocycles. The summed E-state index contributed by atoms with van der Waals surface area (Å²) in [5, 5.41) is 8.04. The van der Waals surface area contributed by atoms with Crippen LogP contribution in [0.4, 0.5) is 0 Å². The maximum absolute atomic E-state index is 12.8. The number of hydrogen-bond acceptors (Lipinski definition) is 3. The SMILES string of the molecule is O=C(c1ccc(Br)cc1)N1C2CCC1CC(n1ccnn1)C2. The highest BCUT2D eigenvalue weighted by molar-refractivity contribution is 9.10. The van der Waals surface area contributed by atoms with Gasteiger partial charge in [0.25, 0.3) is 5.91 Å². The van der Waals surface area contributed by atoms with Crippen LogP contribution in [0, 0.1) is 0 Å². The minimum absolute atomic E-state index is 0.164. The van der Waals surface area contributed by atoms with E-state index in [-0.39, 0.29) is 5.91 Å².